The van der Waals surface area contributed by atoms with E-state index in [1.165, 1.54) is 0 Å². The minimum atomic E-state index is -1.07. The Labute approximate surface area is 104 Å². The lowest BCUT2D eigenvalue weighted by molar-refractivity contribution is -0.142. The summed E-state index contributed by atoms with van der Waals surface area (Å²) in [7, 11) is 2.14. The van der Waals surface area contributed by atoms with Crippen LogP contribution >= 0.6 is 0 Å². The van der Waals surface area contributed by atoms with Crippen LogP contribution in [0.3, 0.4) is 0 Å². The highest BCUT2D eigenvalue weighted by atomic mass is 16.4. The molecule has 17 heavy (non-hydrogen) atoms. The molecule has 0 radical (unpaired) electrons. The van der Waals surface area contributed by atoms with E-state index < -0.39 is 11.5 Å². The zero-order valence-corrected chi connectivity index (χ0v) is 11.0. The van der Waals surface area contributed by atoms with Gasteiger partial charge in [0.05, 0.1) is 0 Å². The molecule has 5 heteroatoms. The van der Waals surface area contributed by atoms with Crippen molar-refractivity contribution in [3.63, 3.8) is 0 Å². The van der Waals surface area contributed by atoms with Gasteiger partial charge in [0, 0.05) is 26.2 Å². The van der Waals surface area contributed by atoms with Crippen molar-refractivity contribution in [3.05, 3.63) is 0 Å². The van der Waals surface area contributed by atoms with Crippen molar-refractivity contribution >= 4 is 5.97 Å². The van der Waals surface area contributed by atoms with E-state index in [2.05, 4.69) is 16.8 Å². The number of aliphatic carboxylic acids is 1. The number of nitrogens with two attached hydrogens (primary N) is 1. The number of hydrogen-bond donors (Lipinski definition) is 2. The van der Waals surface area contributed by atoms with Gasteiger partial charge in [-0.15, -0.1) is 0 Å². The van der Waals surface area contributed by atoms with E-state index >= 15 is 0 Å². The summed E-state index contributed by atoms with van der Waals surface area (Å²) in [5.74, 6) is -0.905. The van der Waals surface area contributed by atoms with Crippen LogP contribution in [-0.4, -0.2) is 66.2 Å². The third-order valence-electron chi connectivity index (χ3n) is 3.50. The lowest BCUT2D eigenvalue weighted by atomic mass is 9.96. The molecule has 1 saturated heterocycles. The fourth-order valence-corrected chi connectivity index (χ4v) is 2.01. The lowest BCUT2D eigenvalue weighted by Gasteiger charge is -2.32. The SMILES string of the molecule is CN1CCN(CCCCC(C)(N)C(=O)O)CC1. The number of piperazine rings is 1. The maximum Gasteiger partial charge on any atom is 0.323 e. The molecule has 1 aliphatic rings. The number of hydrogen-bond acceptors (Lipinski definition) is 4. The first-order valence-corrected chi connectivity index (χ1v) is 6.35. The minimum absolute atomic E-state index is 0.552. The molecular weight excluding hydrogens is 218 g/mol. The predicted molar refractivity (Wildman–Crippen MR) is 68.0 cm³/mol. The van der Waals surface area contributed by atoms with Crippen LogP contribution in [0.1, 0.15) is 26.2 Å². The van der Waals surface area contributed by atoms with Gasteiger partial charge in [0.25, 0.3) is 0 Å². The Kier molecular flexibility index (Phi) is 5.36. The maximum atomic E-state index is 10.8. The first kappa shape index (κ1) is 14.4. The average Bonchev–Trinajstić information content (AvgIpc) is 2.26. The number of unbranched alkanes of at least 4 members (excludes halogenated alkanes) is 1. The zero-order valence-electron chi connectivity index (χ0n) is 11.0. The van der Waals surface area contributed by atoms with Crippen molar-refractivity contribution in [3.8, 4) is 0 Å². The van der Waals surface area contributed by atoms with E-state index in [-0.39, 0.29) is 0 Å². The Bertz CT molecular complexity index is 248. The lowest BCUT2D eigenvalue weighted by Crippen LogP contribution is -2.45. The van der Waals surface area contributed by atoms with Crippen molar-refractivity contribution in [1.82, 2.24) is 9.80 Å². The number of nitrogens with zero attached hydrogens (tertiary/aromatic N) is 2. The number of rotatable bonds is 6. The zero-order chi connectivity index (χ0) is 12.9. The Morgan fingerprint density at radius 2 is 1.88 bits per heavy atom. The first-order chi connectivity index (χ1) is 7.92. The molecule has 1 atom stereocenters. The van der Waals surface area contributed by atoms with Gasteiger partial charge in [-0.2, -0.15) is 0 Å². The van der Waals surface area contributed by atoms with Gasteiger partial charge in [-0.05, 0) is 39.8 Å². The van der Waals surface area contributed by atoms with Gasteiger partial charge in [0.1, 0.15) is 5.54 Å². The maximum absolute atomic E-state index is 10.8. The molecule has 0 saturated carbocycles. The molecule has 0 spiro atoms. The van der Waals surface area contributed by atoms with Crippen LogP contribution in [0.15, 0.2) is 0 Å². The van der Waals surface area contributed by atoms with Crippen molar-refractivity contribution < 1.29 is 9.90 Å². The number of carboxylic acids is 1. The molecule has 3 N–H and O–H groups in total. The largest absolute Gasteiger partial charge is 0.480 e. The van der Waals surface area contributed by atoms with Crippen LogP contribution < -0.4 is 5.73 Å². The molecule has 0 aromatic rings. The Hall–Kier alpha value is -0.650. The normalized spacial score (nSPS) is 22.3. The molecule has 1 unspecified atom stereocenters. The Balaban J connectivity index is 2.10. The summed E-state index contributed by atoms with van der Waals surface area (Å²) in [6.07, 6.45) is 2.46. The van der Waals surface area contributed by atoms with Crippen molar-refractivity contribution in [1.29, 1.82) is 0 Å². The van der Waals surface area contributed by atoms with Crippen molar-refractivity contribution in [2.24, 2.45) is 5.73 Å². The second-order valence-electron chi connectivity index (χ2n) is 5.32. The molecule has 0 aromatic heterocycles. The van der Waals surface area contributed by atoms with Gasteiger partial charge in [-0.1, -0.05) is 0 Å². The summed E-state index contributed by atoms with van der Waals surface area (Å²) in [6, 6.07) is 0. The highest BCUT2D eigenvalue weighted by molar-refractivity contribution is 5.77. The summed E-state index contributed by atoms with van der Waals surface area (Å²) in [5, 5.41) is 8.88. The standard InChI is InChI=1S/C12H25N3O2/c1-12(13,11(16)17)5-3-4-6-15-9-7-14(2)8-10-15/h3-10,13H2,1-2H3,(H,16,17). The van der Waals surface area contributed by atoms with Gasteiger partial charge in [-0.25, -0.2) is 0 Å². The summed E-state index contributed by atoms with van der Waals surface area (Å²) < 4.78 is 0. The average molecular weight is 243 g/mol. The molecule has 0 aliphatic carbocycles. The second-order valence-corrected chi connectivity index (χ2v) is 5.32. The topological polar surface area (TPSA) is 69.8 Å². The summed E-state index contributed by atoms with van der Waals surface area (Å²) in [5.41, 5.74) is 4.61. The quantitative estimate of drug-likeness (QED) is 0.653. The van der Waals surface area contributed by atoms with E-state index in [4.69, 9.17) is 10.8 Å². The highest BCUT2D eigenvalue weighted by Crippen LogP contribution is 2.11. The molecule has 100 valence electrons. The second kappa shape index (κ2) is 6.33. The van der Waals surface area contributed by atoms with Gasteiger partial charge in [0.15, 0.2) is 0 Å². The smallest absolute Gasteiger partial charge is 0.323 e. The van der Waals surface area contributed by atoms with Gasteiger partial charge in [-0.3, -0.25) is 4.79 Å². The Morgan fingerprint density at radius 3 is 2.41 bits per heavy atom. The van der Waals surface area contributed by atoms with Crippen LogP contribution in [0.25, 0.3) is 0 Å². The number of carboxylic acid groups (broad SMARTS) is 1. The molecule has 0 aromatic carbocycles. The van der Waals surface area contributed by atoms with Crippen LogP contribution in [0.5, 0.6) is 0 Å². The van der Waals surface area contributed by atoms with E-state index in [0.717, 1.165) is 45.6 Å². The minimum Gasteiger partial charge on any atom is -0.480 e. The fraction of sp³-hybridized carbons (Fsp3) is 0.917. The summed E-state index contributed by atoms with van der Waals surface area (Å²) >= 11 is 0. The first-order valence-electron chi connectivity index (χ1n) is 6.35. The summed E-state index contributed by atoms with van der Waals surface area (Å²) in [4.78, 5) is 15.6. The molecule has 1 heterocycles. The van der Waals surface area contributed by atoms with E-state index in [9.17, 15) is 4.79 Å². The van der Waals surface area contributed by atoms with Crippen molar-refractivity contribution in [2.45, 2.75) is 31.7 Å². The highest BCUT2D eigenvalue weighted by Gasteiger charge is 2.26. The molecule has 0 amide bonds. The third kappa shape index (κ3) is 5.02. The fourth-order valence-electron chi connectivity index (χ4n) is 2.01. The monoisotopic (exact) mass is 243 g/mol. The summed E-state index contributed by atoms with van der Waals surface area (Å²) in [6.45, 7) is 7.15. The van der Waals surface area contributed by atoms with Crippen LogP contribution in [-0.2, 0) is 4.79 Å². The van der Waals surface area contributed by atoms with Crippen LogP contribution in [0.2, 0.25) is 0 Å². The Morgan fingerprint density at radius 1 is 1.29 bits per heavy atom. The van der Waals surface area contributed by atoms with Crippen molar-refractivity contribution in [2.75, 3.05) is 39.8 Å². The molecule has 1 fully saturated rings. The van der Waals surface area contributed by atoms with Gasteiger partial charge >= 0.3 is 5.97 Å². The predicted octanol–water partition coefficient (Wildman–Crippen LogP) is 0.206. The molecule has 1 aliphatic heterocycles. The van der Waals surface area contributed by atoms with E-state index in [1.54, 1.807) is 6.92 Å². The van der Waals surface area contributed by atoms with Gasteiger partial charge < -0.3 is 20.6 Å². The van der Waals surface area contributed by atoms with Crippen LogP contribution in [0.4, 0.5) is 0 Å². The molecule has 1 rings (SSSR count). The van der Waals surface area contributed by atoms with E-state index in [1.807, 2.05) is 0 Å². The molecular formula is C12H25N3O2. The van der Waals surface area contributed by atoms with E-state index in [0.29, 0.717) is 6.42 Å². The van der Waals surface area contributed by atoms with Crippen LogP contribution in [0, 0.1) is 0 Å². The number of carbonyl (C=O) groups is 1. The number of likely N-dealkylation sites (N-methyl/N-ethyl adjacent to an activating group) is 1. The van der Waals surface area contributed by atoms with Gasteiger partial charge in [0.2, 0.25) is 0 Å². The molecule has 5 nitrogen and oxygen atoms in total. The third-order valence-corrected chi connectivity index (χ3v) is 3.50. The molecule has 0 bridgehead atoms.